The minimum Gasteiger partial charge on any atom is -0.478 e. The number of hydrogen-bond donors (Lipinski definition) is 4. The van der Waals surface area contributed by atoms with Crippen molar-refractivity contribution in [2.24, 2.45) is 7.05 Å². The molecule has 4 aromatic heterocycles. The lowest BCUT2D eigenvalue weighted by atomic mass is 9.93. The van der Waals surface area contributed by atoms with E-state index < -0.39 is 12.0 Å². The highest BCUT2D eigenvalue weighted by Gasteiger charge is 2.39. The van der Waals surface area contributed by atoms with Gasteiger partial charge in [0.15, 0.2) is 16.5 Å². The van der Waals surface area contributed by atoms with Crippen LogP contribution in [0.2, 0.25) is 10.2 Å². The summed E-state index contributed by atoms with van der Waals surface area (Å²) in [5.74, 6) is -2.13. The molecule has 0 radical (unpaired) electrons. The van der Waals surface area contributed by atoms with E-state index in [4.69, 9.17) is 33.4 Å². The van der Waals surface area contributed by atoms with Gasteiger partial charge in [-0.3, -0.25) is 33.4 Å². The molecule has 0 spiro atoms. The van der Waals surface area contributed by atoms with Gasteiger partial charge < -0.3 is 49.8 Å². The Balaban J connectivity index is 0.000000168. The molecule has 7 heterocycles. The largest absolute Gasteiger partial charge is 0.478 e. The van der Waals surface area contributed by atoms with Gasteiger partial charge in [0.05, 0.1) is 96.5 Å². The van der Waals surface area contributed by atoms with Crippen LogP contribution in [-0.2, 0) is 52.5 Å². The molecule has 3 aliphatic heterocycles. The number of benzene rings is 9. The van der Waals surface area contributed by atoms with Crippen LogP contribution in [0.5, 0.6) is 0 Å². The number of rotatable bonds is 36. The number of amides is 6. The summed E-state index contributed by atoms with van der Waals surface area (Å²) in [4.78, 5) is 107. The SMILES string of the molecule is CCCCN(CCCC)C(=O)c1c[n+](-c2ccc(-c3cnn(Cc4ccccc4)c3)cc2C(=O)N2Cc3ccccc3C[C@H]2CO)n(C)c1Cl.CCCCN(CCCC)C(=O)c1cc(C)n(-c2ccc(-c3ccc(C(=O)O)cc3)cc2C(=O)N2Cc3ccccc3C[C@H]2CO)n1.CCCCN(CCCC)C(=O)c1nn(-c2ccc(-c3ccccc3)cc2C(=O)N2Cc3ccccc3C[C@H]2CO)c(C)c1Cl. The van der Waals surface area contributed by atoms with E-state index in [2.05, 4.69) is 70.9 Å². The summed E-state index contributed by atoms with van der Waals surface area (Å²) in [5.41, 5.74) is 18.0. The van der Waals surface area contributed by atoms with Crippen molar-refractivity contribution in [3.05, 3.63) is 337 Å². The zero-order valence-electron chi connectivity index (χ0n) is 81.7. The molecule has 140 heavy (non-hydrogen) atoms. The summed E-state index contributed by atoms with van der Waals surface area (Å²) in [6.07, 6.45) is 18.5. The number of aryl methyl sites for hydroxylation is 1. The third-order valence-electron chi connectivity index (χ3n) is 26.8. The van der Waals surface area contributed by atoms with Gasteiger partial charge in [-0.15, -0.1) is 4.68 Å². The molecule has 0 fully saturated rings. The number of aromatic nitrogens is 8. The van der Waals surface area contributed by atoms with Gasteiger partial charge in [0.2, 0.25) is 11.9 Å². The van der Waals surface area contributed by atoms with Crippen LogP contribution >= 0.6 is 23.2 Å². The Morgan fingerprint density at radius 3 is 1.27 bits per heavy atom. The van der Waals surface area contributed by atoms with Crippen LogP contribution < -0.4 is 4.68 Å². The Labute approximate surface area is 830 Å². The van der Waals surface area contributed by atoms with E-state index >= 15 is 0 Å². The van der Waals surface area contributed by atoms with E-state index in [0.717, 1.165) is 149 Å². The molecular formula is C113H129Cl2N14O11+. The first kappa shape index (κ1) is 102. The average Bonchev–Trinajstić information content (AvgIpc) is 1.51. The molecule has 0 bridgehead atoms. The second kappa shape index (κ2) is 48.4. The summed E-state index contributed by atoms with van der Waals surface area (Å²) in [6.45, 7) is 21.5. The molecule has 9 aromatic carbocycles. The Morgan fingerprint density at radius 2 is 0.814 bits per heavy atom. The van der Waals surface area contributed by atoms with Crippen LogP contribution in [0, 0.1) is 13.8 Å². The lowest BCUT2D eigenvalue weighted by molar-refractivity contribution is -0.682. The normalized spacial score (nSPS) is 14.2. The maximum absolute atomic E-state index is 14.7. The number of hydrogen-bond acceptors (Lipinski definition) is 13. The van der Waals surface area contributed by atoms with Crippen LogP contribution in [0.4, 0.5) is 0 Å². The number of unbranched alkanes of at least 4 members (excludes halogenated alkanes) is 6. The van der Waals surface area contributed by atoms with Crippen molar-refractivity contribution in [3.63, 3.8) is 0 Å². The van der Waals surface area contributed by atoms with E-state index in [1.165, 1.54) is 12.1 Å². The maximum atomic E-state index is 14.7. The van der Waals surface area contributed by atoms with E-state index in [1.54, 1.807) is 70.9 Å². The van der Waals surface area contributed by atoms with Crippen molar-refractivity contribution < 1.29 is 58.7 Å². The van der Waals surface area contributed by atoms with Crippen molar-refractivity contribution in [1.82, 2.24) is 63.4 Å². The lowest BCUT2D eigenvalue weighted by Crippen LogP contribution is -2.48. The van der Waals surface area contributed by atoms with E-state index in [0.29, 0.717) is 151 Å². The number of aliphatic hydroxyl groups excluding tert-OH is 3. The van der Waals surface area contributed by atoms with Crippen LogP contribution in [0.25, 0.3) is 50.4 Å². The number of carbonyl (C=O) groups excluding carboxylic acids is 6. The van der Waals surface area contributed by atoms with Crippen LogP contribution in [-0.4, -0.2) is 202 Å². The number of aliphatic hydroxyl groups is 3. The Hall–Kier alpha value is -13.4. The van der Waals surface area contributed by atoms with Gasteiger partial charge >= 0.3 is 5.97 Å². The van der Waals surface area contributed by atoms with Crippen LogP contribution in [0.15, 0.2) is 237 Å². The van der Waals surface area contributed by atoms with Crippen molar-refractivity contribution in [2.75, 3.05) is 59.1 Å². The van der Waals surface area contributed by atoms with Gasteiger partial charge in [0.25, 0.3) is 35.4 Å². The van der Waals surface area contributed by atoms with Gasteiger partial charge in [-0.2, -0.15) is 15.3 Å². The van der Waals surface area contributed by atoms with Crippen molar-refractivity contribution in [2.45, 2.75) is 196 Å². The summed E-state index contributed by atoms with van der Waals surface area (Å²) < 4.78 is 8.67. The number of carboxylic acids is 1. The highest BCUT2D eigenvalue weighted by atomic mass is 35.5. The second-order valence-corrected chi connectivity index (χ2v) is 37.3. The number of carboxylic acid groups (broad SMARTS) is 1. The fourth-order valence-corrected chi connectivity index (χ4v) is 19.0. The minimum absolute atomic E-state index is 0.116. The Kier molecular flexibility index (Phi) is 35.4. The van der Waals surface area contributed by atoms with Crippen molar-refractivity contribution in [1.29, 1.82) is 0 Å². The first-order valence-corrected chi connectivity index (χ1v) is 50.0. The third kappa shape index (κ3) is 23.7. The predicted octanol–water partition coefficient (Wildman–Crippen LogP) is 19.7. The Morgan fingerprint density at radius 1 is 0.421 bits per heavy atom. The predicted molar refractivity (Wildman–Crippen MR) is 548 cm³/mol. The minimum atomic E-state index is -1.01. The number of fused-ring (bicyclic) bond motifs is 3. The molecular weight excluding hydrogens is 1800 g/mol. The summed E-state index contributed by atoms with van der Waals surface area (Å²) in [6, 6.07) is 68.2. The fourth-order valence-electron chi connectivity index (χ4n) is 18.6. The maximum Gasteiger partial charge on any atom is 0.335 e. The molecule has 4 N–H and O–H groups in total. The van der Waals surface area contributed by atoms with Gasteiger partial charge in [0, 0.05) is 82.4 Å². The van der Waals surface area contributed by atoms with E-state index in [9.17, 15) is 54.0 Å². The first-order chi connectivity index (χ1) is 67.9. The molecule has 3 atom stereocenters. The van der Waals surface area contributed by atoms with E-state index in [-0.39, 0.29) is 78.6 Å². The summed E-state index contributed by atoms with van der Waals surface area (Å²) in [5, 5.41) is 55.3. The zero-order chi connectivity index (χ0) is 99.2. The lowest BCUT2D eigenvalue weighted by Gasteiger charge is -2.36. The molecule has 16 rings (SSSR count). The molecule has 25 nitrogen and oxygen atoms in total. The standard InChI is InChI=1S/C40H46ClN6O3.C37H42N4O5.C36H41ClN4O3/c1-4-6-19-44(20-7-5-2)39(49)36-27-47(43(3)38(36)41)37-18-17-31(33-23-42-45(25-33)24-29-13-9-8-10-14-29)22-35(37)40(50)46-26-32-16-12-11-15-30(32)21-34(46)28-48;1-4-6-18-39(19-7-5-2)36(44)33-20-25(3)41(38-33)34-17-16-29(26-12-14-27(15-13-26)37(45)46)22-32(34)35(43)40-23-30-11-9-8-10-28(30)21-31(40)24-42;1-4-6-19-39(20-7-5-2)36(44)34-33(37)25(3)41(38-34)32-18-17-28(26-13-9-8-10-14-26)22-31(32)35(43)40-23-29-16-12-11-15-27(29)21-30(40)24-42/h8-18,22-23,25,27,34,48H,4-7,19-21,24,26,28H2,1-3H3;8-17,20,22,31,42H,4-7,18-19,21,23-24H2,1-3H3,(H,45,46);8-18,22,30,42H,4-7,19-21,23-24H2,1-3H3/q+1;;/t34-;31-;30-/m000/s1. The number of aromatic carboxylic acids is 1. The summed E-state index contributed by atoms with van der Waals surface area (Å²) in [7, 11) is 1.80. The van der Waals surface area contributed by atoms with Gasteiger partial charge in [0.1, 0.15) is 11.1 Å². The molecule has 730 valence electrons. The van der Waals surface area contributed by atoms with Crippen LogP contribution in [0.3, 0.4) is 0 Å². The fraction of sp³-hybridized carbons (Fsp3) is 0.354. The third-order valence-corrected chi connectivity index (χ3v) is 27.7. The molecule has 0 saturated carbocycles. The van der Waals surface area contributed by atoms with E-state index in [1.807, 2.05) is 203 Å². The molecule has 0 aliphatic carbocycles. The number of nitrogens with zero attached hydrogens (tertiary/aromatic N) is 14. The average molecular weight is 1930 g/mol. The molecule has 6 amide bonds. The summed E-state index contributed by atoms with van der Waals surface area (Å²) >= 11 is 13.7. The van der Waals surface area contributed by atoms with Gasteiger partial charge in [-0.05, 0) is 193 Å². The zero-order valence-corrected chi connectivity index (χ0v) is 83.2. The van der Waals surface area contributed by atoms with Crippen molar-refractivity contribution in [3.8, 4) is 50.4 Å². The smallest absolute Gasteiger partial charge is 0.335 e. The molecule has 3 aliphatic rings. The monoisotopic (exact) mass is 1930 g/mol. The molecule has 0 unspecified atom stereocenters. The molecule has 27 heteroatoms. The molecule has 0 saturated heterocycles. The van der Waals surface area contributed by atoms with Gasteiger partial charge in [-0.1, -0.05) is 266 Å². The first-order valence-electron chi connectivity index (χ1n) is 49.3. The topological polar surface area (TPSA) is 282 Å². The highest BCUT2D eigenvalue weighted by Crippen LogP contribution is 2.37. The number of carbonyl (C=O) groups is 7. The Bertz CT molecular complexity index is 6480. The second-order valence-electron chi connectivity index (χ2n) is 36.5. The highest BCUT2D eigenvalue weighted by molar-refractivity contribution is 6.34. The van der Waals surface area contributed by atoms with Crippen LogP contribution in [0.1, 0.15) is 242 Å². The van der Waals surface area contributed by atoms with Crippen molar-refractivity contribution >= 4 is 64.6 Å². The van der Waals surface area contributed by atoms with Gasteiger partial charge in [-0.25, -0.2) is 14.2 Å². The quantitative estimate of drug-likeness (QED) is 0.0266. The number of halogens is 2. The molecule has 13 aromatic rings.